The lowest BCUT2D eigenvalue weighted by Crippen LogP contribution is -2.45. The molecule has 7 heteroatoms. The number of hydrogen-bond acceptors (Lipinski definition) is 5. The SMILES string of the molecule is O=C(C=Cc1cccc([N+](=O)[O-])c1)Nc1ccc(N2CCN(Cc3ccccc3)CC2)cc1. The van der Waals surface area contributed by atoms with Crippen molar-refractivity contribution < 1.29 is 9.72 Å². The molecule has 1 N–H and O–H groups in total. The lowest BCUT2D eigenvalue weighted by atomic mass is 10.2. The summed E-state index contributed by atoms with van der Waals surface area (Å²) in [6.07, 6.45) is 2.94. The molecule has 4 rings (SSSR count). The van der Waals surface area contributed by atoms with Crippen LogP contribution in [-0.2, 0) is 11.3 Å². The van der Waals surface area contributed by atoms with E-state index in [1.807, 2.05) is 30.3 Å². The van der Waals surface area contributed by atoms with Crippen LogP contribution in [0, 0.1) is 10.1 Å². The number of piperazine rings is 1. The number of carbonyl (C=O) groups is 1. The Bertz CT molecular complexity index is 1120. The summed E-state index contributed by atoms with van der Waals surface area (Å²) in [5, 5.41) is 13.7. The number of nitro groups is 1. The Hall–Kier alpha value is -3.97. The molecule has 1 aliphatic heterocycles. The molecular formula is C26H26N4O3. The second kappa shape index (κ2) is 10.6. The van der Waals surface area contributed by atoms with E-state index in [0.29, 0.717) is 11.3 Å². The van der Waals surface area contributed by atoms with Crippen LogP contribution in [0.5, 0.6) is 0 Å². The highest BCUT2D eigenvalue weighted by Gasteiger charge is 2.17. The summed E-state index contributed by atoms with van der Waals surface area (Å²) in [5.74, 6) is -0.288. The highest BCUT2D eigenvalue weighted by Crippen LogP contribution is 2.20. The van der Waals surface area contributed by atoms with Gasteiger partial charge >= 0.3 is 0 Å². The van der Waals surface area contributed by atoms with Gasteiger partial charge in [-0.05, 0) is 41.5 Å². The average Bonchev–Trinajstić information content (AvgIpc) is 2.85. The molecule has 1 fully saturated rings. The average molecular weight is 443 g/mol. The summed E-state index contributed by atoms with van der Waals surface area (Å²) in [5.41, 5.74) is 3.77. The molecule has 33 heavy (non-hydrogen) atoms. The third-order valence-corrected chi connectivity index (χ3v) is 5.63. The molecule has 1 heterocycles. The first kappa shape index (κ1) is 22.2. The van der Waals surface area contributed by atoms with Gasteiger partial charge in [-0.15, -0.1) is 0 Å². The third kappa shape index (κ3) is 6.27. The quantitative estimate of drug-likeness (QED) is 0.329. The van der Waals surface area contributed by atoms with Gasteiger partial charge in [0.25, 0.3) is 5.69 Å². The number of benzene rings is 3. The van der Waals surface area contributed by atoms with Crippen LogP contribution in [0.3, 0.4) is 0 Å². The molecule has 1 saturated heterocycles. The summed E-state index contributed by atoms with van der Waals surface area (Å²) in [4.78, 5) is 27.5. The van der Waals surface area contributed by atoms with Crippen molar-refractivity contribution in [3.63, 3.8) is 0 Å². The predicted molar refractivity (Wildman–Crippen MR) is 131 cm³/mol. The first-order valence-corrected chi connectivity index (χ1v) is 10.9. The van der Waals surface area contributed by atoms with Crippen LogP contribution < -0.4 is 10.2 Å². The van der Waals surface area contributed by atoms with Crippen LogP contribution in [0.4, 0.5) is 17.1 Å². The number of nitrogens with zero attached hydrogens (tertiary/aromatic N) is 3. The second-order valence-electron chi connectivity index (χ2n) is 7.97. The lowest BCUT2D eigenvalue weighted by molar-refractivity contribution is -0.384. The van der Waals surface area contributed by atoms with Gasteiger partial charge < -0.3 is 10.2 Å². The lowest BCUT2D eigenvalue weighted by Gasteiger charge is -2.36. The van der Waals surface area contributed by atoms with Gasteiger partial charge in [0.1, 0.15) is 0 Å². The van der Waals surface area contributed by atoms with E-state index in [2.05, 4.69) is 39.4 Å². The Morgan fingerprint density at radius 1 is 0.939 bits per heavy atom. The van der Waals surface area contributed by atoms with E-state index in [-0.39, 0.29) is 11.6 Å². The fourth-order valence-corrected chi connectivity index (χ4v) is 3.86. The van der Waals surface area contributed by atoms with E-state index >= 15 is 0 Å². The molecule has 0 spiro atoms. The molecule has 0 atom stereocenters. The van der Waals surface area contributed by atoms with Crippen molar-refractivity contribution in [2.24, 2.45) is 0 Å². The molecule has 3 aromatic rings. The number of anilines is 2. The van der Waals surface area contributed by atoms with E-state index in [1.165, 1.54) is 23.8 Å². The molecule has 0 bridgehead atoms. The monoisotopic (exact) mass is 442 g/mol. The smallest absolute Gasteiger partial charge is 0.270 e. The molecule has 0 aliphatic carbocycles. The highest BCUT2D eigenvalue weighted by atomic mass is 16.6. The molecule has 1 amide bonds. The molecule has 168 valence electrons. The molecule has 0 radical (unpaired) electrons. The van der Waals surface area contributed by atoms with Crippen molar-refractivity contribution in [2.75, 3.05) is 36.4 Å². The number of rotatable bonds is 7. The van der Waals surface area contributed by atoms with E-state index < -0.39 is 4.92 Å². The van der Waals surface area contributed by atoms with Crippen LogP contribution >= 0.6 is 0 Å². The number of carbonyl (C=O) groups excluding carboxylic acids is 1. The van der Waals surface area contributed by atoms with Gasteiger partial charge in [0.15, 0.2) is 0 Å². The zero-order valence-corrected chi connectivity index (χ0v) is 18.3. The standard InChI is InChI=1S/C26H26N4O3/c31-26(14-9-21-7-4-8-25(19-21)30(32)33)27-23-10-12-24(13-11-23)29-17-15-28(16-18-29)20-22-5-2-1-3-6-22/h1-14,19H,15-18,20H2,(H,27,31). The maximum atomic E-state index is 12.2. The zero-order chi connectivity index (χ0) is 23.0. The summed E-state index contributed by atoms with van der Waals surface area (Å²) >= 11 is 0. The highest BCUT2D eigenvalue weighted by molar-refractivity contribution is 6.02. The first-order chi connectivity index (χ1) is 16.1. The van der Waals surface area contributed by atoms with Crippen molar-refractivity contribution >= 4 is 29.0 Å². The largest absolute Gasteiger partial charge is 0.369 e. The van der Waals surface area contributed by atoms with Gasteiger partial charge in [0.05, 0.1) is 4.92 Å². The normalized spacial score (nSPS) is 14.4. The maximum Gasteiger partial charge on any atom is 0.270 e. The maximum absolute atomic E-state index is 12.2. The van der Waals surface area contributed by atoms with E-state index in [1.54, 1.807) is 18.2 Å². The topological polar surface area (TPSA) is 78.7 Å². The van der Waals surface area contributed by atoms with Gasteiger partial charge in [-0.2, -0.15) is 0 Å². The fraction of sp³-hybridized carbons (Fsp3) is 0.192. The minimum atomic E-state index is -0.456. The van der Waals surface area contributed by atoms with Crippen molar-refractivity contribution in [3.8, 4) is 0 Å². The van der Waals surface area contributed by atoms with Gasteiger partial charge in [-0.1, -0.05) is 42.5 Å². The van der Waals surface area contributed by atoms with Crippen LogP contribution in [0.2, 0.25) is 0 Å². The number of nitrogens with one attached hydrogen (secondary N) is 1. The van der Waals surface area contributed by atoms with E-state index in [4.69, 9.17) is 0 Å². The van der Waals surface area contributed by atoms with Crippen LogP contribution in [0.1, 0.15) is 11.1 Å². The summed E-state index contributed by atoms with van der Waals surface area (Å²) in [6.45, 7) is 4.92. The molecule has 0 unspecified atom stereocenters. The van der Waals surface area contributed by atoms with Crippen molar-refractivity contribution in [1.29, 1.82) is 0 Å². The Labute approximate surface area is 193 Å². The molecule has 3 aromatic carbocycles. The minimum absolute atomic E-state index is 0.00551. The van der Waals surface area contributed by atoms with Gasteiger partial charge in [-0.3, -0.25) is 19.8 Å². The Balaban J connectivity index is 1.27. The predicted octanol–water partition coefficient (Wildman–Crippen LogP) is 4.57. The molecule has 0 saturated carbocycles. The number of non-ortho nitro benzene ring substituents is 1. The summed E-state index contributed by atoms with van der Waals surface area (Å²) in [6, 6.07) is 24.5. The zero-order valence-electron chi connectivity index (χ0n) is 18.3. The third-order valence-electron chi connectivity index (χ3n) is 5.63. The molecule has 1 aliphatic rings. The molecule has 0 aromatic heterocycles. The Morgan fingerprint density at radius 3 is 2.36 bits per heavy atom. The van der Waals surface area contributed by atoms with Crippen LogP contribution in [0.25, 0.3) is 6.08 Å². The molecule has 7 nitrogen and oxygen atoms in total. The van der Waals surface area contributed by atoms with Crippen molar-refractivity contribution in [3.05, 3.63) is 106 Å². The summed E-state index contributed by atoms with van der Waals surface area (Å²) in [7, 11) is 0. The van der Waals surface area contributed by atoms with Crippen molar-refractivity contribution in [1.82, 2.24) is 4.90 Å². The van der Waals surface area contributed by atoms with Crippen molar-refractivity contribution in [2.45, 2.75) is 6.54 Å². The number of hydrogen-bond donors (Lipinski definition) is 1. The number of nitro benzene ring substituents is 1. The van der Waals surface area contributed by atoms with E-state index in [9.17, 15) is 14.9 Å². The number of amides is 1. The van der Waals surface area contributed by atoms with Crippen LogP contribution in [-0.4, -0.2) is 41.9 Å². The first-order valence-electron chi connectivity index (χ1n) is 10.9. The minimum Gasteiger partial charge on any atom is -0.369 e. The van der Waals surface area contributed by atoms with Gasteiger partial charge in [0.2, 0.25) is 5.91 Å². The Kier molecular flexibility index (Phi) is 7.12. The molecular weight excluding hydrogens is 416 g/mol. The van der Waals surface area contributed by atoms with Crippen LogP contribution in [0.15, 0.2) is 84.9 Å². The van der Waals surface area contributed by atoms with E-state index in [0.717, 1.165) is 38.4 Å². The Morgan fingerprint density at radius 2 is 1.67 bits per heavy atom. The summed E-state index contributed by atoms with van der Waals surface area (Å²) < 4.78 is 0. The van der Waals surface area contributed by atoms with Gasteiger partial charge in [0, 0.05) is 62.3 Å². The fourth-order valence-electron chi connectivity index (χ4n) is 3.86. The second-order valence-corrected chi connectivity index (χ2v) is 7.97. The van der Waals surface area contributed by atoms with Gasteiger partial charge in [-0.25, -0.2) is 0 Å².